The molecule has 0 spiro atoms. The second-order valence-electron chi connectivity index (χ2n) is 10.3. The third kappa shape index (κ3) is 11.4. The highest BCUT2D eigenvalue weighted by Gasteiger charge is 2.41. The van der Waals surface area contributed by atoms with Crippen molar-refractivity contribution in [3.63, 3.8) is 0 Å². The van der Waals surface area contributed by atoms with Crippen molar-refractivity contribution in [3.8, 4) is 0 Å². The van der Waals surface area contributed by atoms with E-state index >= 15 is 0 Å². The summed E-state index contributed by atoms with van der Waals surface area (Å²) < 4.78 is 33.3. The van der Waals surface area contributed by atoms with Gasteiger partial charge in [-0.1, -0.05) is 78.6 Å². The van der Waals surface area contributed by atoms with Gasteiger partial charge in [-0.2, -0.15) is 0 Å². The summed E-state index contributed by atoms with van der Waals surface area (Å²) in [5.41, 5.74) is 0.281. The maximum Gasteiger partial charge on any atom is 0.328 e. The summed E-state index contributed by atoms with van der Waals surface area (Å²) in [4.78, 5) is 25.2. The molecule has 214 valence electrons. The second kappa shape index (κ2) is 17.0. The van der Waals surface area contributed by atoms with Crippen molar-refractivity contribution in [2.24, 2.45) is 0 Å². The van der Waals surface area contributed by atoms with Crippen LogP contribution in [0.25, 0.3) is 0 Å². The van der Waals surface area contributed by atoms with Crippen LogP contribution in [0.15, 0.2) is 11.0 Å². The maximum absolute atomic E-state index is 12.9. The Balaban J connectivity index is 2.06. The zero-order chi connectivity index (χ0) is 27.3. The van der Waals surface area contributed by atoms with E-state index in [1.165, 1.54) is 25.7 Å². The van der Waals surface area contributed by atoms with Crippen LogP contribution in [0.4, 0.5) is 0 Å². The van der Waals surface area contributed by atoms with Crippen LogP contribution in [0.2, 0.25) is 0 Å². The second-order valence-corrected chi connectivity index (χ2v) is 12.6. The number of H-pyrrole nitrogens is 1. The van der Waals surface area contributed by atoms with E-state index < -0.39 is 26.0 Å². The van der Waals surface area contributed by atoms with Crippen molar-refractivity contribution in [3.05, 3.63) is 26.9 Å². The lowest BCUT2D eigenvalue weighted by molar-refractivity contribution is -0.0798. The lowest BCUT2D eigenvalue weighted by Crippen LogP contribution is -2.31. The van der Waals surface area contributed by atoms with Crippen molar-refractivity contribution in [2.45, 2.75) is 136 Å². The van der Waals surface area contributed by atoms with E-state index in [4.69, 9.17) is 26.2 Å². The van der Waals surface area contributed by atoms with Gasteiger partial charge >= 0.3 is 7.60 Å². The van der Waals surface area contributed by atoms with Gasteiger partial charge < -0.3 is 18.9 Å². The van der Waals surface area contributed by atoms with Crippen molar-refractivity contribution in [2.75, 3.05) is 12.8 Å². The number of aromatic amines is 1. The van der Waals surface area contributed by atoms with Crippen molar-refractivity contribution in [1.29, 1.82) is 0 Å². The lowest BCUT2D eigenvalue weighted by atomic mass is 10.1. The highest BCUT2D eigenvalue weighted by molar-refractivity contribution is 7.71. The molecule has 1 saturated heterocycles. The molecular formula is C27H49N2O6PS. The number of hydrogen-bond donors (Lipinski definition) is 2. The predicted molar refractivity (Wildman–Crippen MR) is 151 cm³/mol. The SMILES string of the molecule is CCCCCCCC(CC)OCC1O[C@@H](n2cc(C)c(=O)[nH]c2=S)C[C@H]1OP(=O)(O)CCCCCCC. The molecule has 1 fully saturated rings. The highest BCUT2D eigenvalue weighted by Crippen LogP contribution is 2.48. The van der Waals surface area contributed by atoms with Gasteiger partial charge in [-0.25, -0.2) is 0 Å². The molecule has 3 unspecified atom stereocenters. The van der Waals surface area contributed by atoms with Crippen molar-refractivity contribution >= 4 is 19.8 Å². The van der Waals surface area contributed by atoms with Crippen molar-refractivity contribution < 1.29 is 23.5 Å². The number of hydrogen-bond acceptors (Lipinski definition) is 6. The topological polar surface area (TPSA) is 103 Å². The Hall–Kier alpha value is -0.830. The molecule has 1 aliphatic rings. The predicted octanol–water partition coefficient (Wildman–Crippen LogP) is 7.20. The van der Waals surface area contributed by atoms with Crippen LogP contribution >= 0.6 is 19.8 Å². The van der Waals surface area contributed by atoms with Crippen LogP contribution in [0, 0.1) is 11.7 Å². The maximum atomic E-state index is 12.9. The summed E-state index contributed by atoms with van der Waals surface area (Å²) in [5.74, 6) is 0. The molecule has 0 aromatic carbocycles. The molecule has 1 aliphatic heterocycles. The molecule has 0 amide bonds. The molecule has 37 heavy (non-hydrogen) atoms. The number of aromatic nitrogens is 2. The summed E-state index contributed by atoms with van der Waals surface area (Å²) in [5, 5.41) is 0. The van der Waals surface area contributed by atoms with Crippen LogP contribution in [0.5, 0.6) is 0 Å². The van der Waals surface area contributed by atoms with E-state index in [1.54, 1.807) is 17.7 Å². The van der Waals surface area contributed by atoms with Gasteiger partial charge in [-0.05, 0) is 38.4 Å². The van der Waals surface area contributed by atoms with Gasteiger partial charge in [0, 0.05) is 24.3 Å². The quantitative estimate of drug-likeness (QED) is 0.105. The number of unbranched alkanes of at least 4 members (excludes halogenated alkanes) is 8. The number of rotatable bonds is 19. The third-order valence-electron chi connectivity index (χ3n) is 7.06. The summed E-state index contributed by atoms with van der Waals surface area (Å²) in [6.07, 6.45) is 13.5. The van der Waals surface area contributed by atoms with Gasteiger partial charge in [0.05, 0.1) is 18.8 Å². The minimum Gasteiger partial charge on any atom is -0.375 e. The number of aryl methyl sites for hydroxylation is 1. The molecule has 2 heterocycles. The Morgan fingerprint density at radius 3 is 2.43 bits per heavy atom. The van der Waals surface area contributed by atoms with Crippen LogP contribution < -0.4 is 5.56 Å². The first-order valence-electron chi connectivity index (χ1n) is 14.3. The Bertz CT molecular complexity index is 952. The van der Waals surface area contributed by atoms with Crippen LogP contribution in [0.3, 0.4) is 0 Å². The van der Waals surface area contributed by atoms with Gasteiger partial charge in [0.25, 0.3) is 5.56 Å². The minimum atomic E-state index is -3.79. The van der Waals surface area contributed by atoms with E-state index in [0.29, 0.717) is 18.4 Å². The average molecular weight is 561 g/mol. The largest absolute Gasteiger partial charge is 0.375 e. The minimum absolute atomic E-state index is 0.113. The zero-order valence-electron chi connectivity index (χ0n) is 23.3. The zero-order valence-corrected chi connectivity index (χ0v) is 25.0. The fraction of sp³-hybridized carbons (Fsp3) is 0.852. The molecule has 1 aromatic rings. The van der Waals surface area contributed by atoms with E-state index in [-0.39, 0.29) is 29.2 Å². The van der Waals surface area contributed by atoms with Gasteiger partial charge in [0.2, 0.25) is 0 Å². The van der Waals surface area contributed by atoms with E-state index in [9.17, 15) is 14.3 Å². The Labute approximate surface area is 228 Å². The van der Waals surface area contributed by atoms with Gasteiger partial charge in [-0.15, -0.1) is 0 Å². The van der Waals surface area contributed by atoms with E-state index in [0.717, 1.165) is 44.9 Å². The molecule has 2 N–H and O–H groups in total. The standard InChI is InChI=1S/C27H49N2O6PS/c1-5-8-10-12-14-16-22(7-3)33-20-24-23(35-36(31,32)17-15-13-11-9-6-2)18-25(34-24)29-19-21(4)26(30)28-27(29)37/h19,22-25H,5-18,20H2,1-4H3,(H,31,32)(H,28,30,37)/t22?,23-,24?,25-/m1/s1. The summed E-state index contributed by atoms with van der Waals surface area (Å²) in [6, 6.07) is 0. The normalized spacial score (nSPS) is 22.2. The molecule has 10 heteroatoms. The fourth-order valence-electron chi connectivity index (χ4n) is 4.72. The summed E-state index contributed by atoms with van der Waals surface area (Å²) >= 11 is 5.37. The number of nitrogens with one attached hydrogen (secondary N) is 1. The molecule has 0 bridgehead atoms. The molecule has 5 atom stereocenters. The third-order valence-corrected chi connectivity index (χ3v) is 8.86. The first kappa shape index (κ1) is 32.4. The Morgan fingerprint density at radius 1 is 1.14 bits per heavy atom. The van der Waals surface area contributed by atoms with E-state index in [1.807, 2.05) is 0 Å². The molecule has 0 aliphatic carbocycles. The molecular weight excluding hydrogens is 511 g/mol. The van der Waals surface area contributed by atoms with Crippen LogP contribution in [0.1, 0.15) is 116 Å². The van der Waals surface area contributed by atoms with Crippen LogP contribution in [-0.2, 0) is 18.6 Å². The van der Waals surface area contributed by atoms with Gasteiger partial charge in [0.15, 0.2) is 4.77 Å². The fourth-order valence-corrected chi connectivity index (χ4v) is 6.36. The molecule has 2 rings (SSSR count). The monoisotopic (exact) mass is 560 g/mol. The Kier molecular flexibility index (Phi) is 14.9. The molecule has 0 saturated carbocycles. The number of ether oxygens (including phenoxy) is 2. The highest BCUT2D eigenvalue weighted by atomic mass is 32.1. The number of nitrogens with zero attached hydrogens (tertiary/aromatic N) is 1. The molecule has 0 radical (unpaired) electrons. The molecule has 8 nitrogen and oxygen atoms in total. The molecule has 1 aromatic heterocycles. The average Bonchev–Trinajstić information content (AvgIpc) is 3.24. The summed E-state index contributed by atoms with van der Waals surface area (Å²) in [7, 11) is -3.79. The van der Waals surface area contributed by atoms with Crippen LogP contribution in [-0.4, -0.2) is 45.5 Å². The first-order chi connectivity index (χ1) is 17.7. The first-order valence-corrected chi connectivity index (χ1v) is 16.5. The van der Waals surface area contributed by atoms with Crippen molar-refractivity contribution in [1.82, 2.24) is 9.55 Å². The van der Waals surface area contributed by atoms with E-state index in [2.05, 4.69) is 25.8 Å². The van der Waals surface area contributed by atoms with Gasteiger partial charge in [-0.3, -0.25) is 18.9 Å². The smallest absolute Gasteiger partial charge is 0.328 e. The Morgan fingerprint density at radius 2 is 1.78 bits per heavy atom. The lowest BCUT2D eigenvalue weighted by Gasteiger charge is -2.24. The summed E-state index contributed by atoms with van der Waals surface area (Å²) in [6.45, 7) is 8.46. The van der Waals surface area contributed by atoms with Gasteiger partial charge in [0.1, 0.15) is 12.3 Å².